The second-order valence-corrected chi connectivity index (χ2v) is 1.82. The van der Waals surface area contributed by atoms with Gasteiger partial charge in [-0.25, -0.2) is 0 Å². The van der Waals surface area contributed by atoms with E-state index in [2.05, 4.69) is 0 Å². The summed E-state index contributed by atoms with van der Waals surface area (Å²) in [5.41, 5.74) is 15.5. The molecule has 1 aliphatic heterocycles. The highest BCUT2D eigenvalue weighted by Crippen LogP contribution is 2.12. The third kappa shape index (κ3) is 1.10. The van der Waals surface area contributed by atoms with Crippen molar-refractivity contribution in [3.63, 3.8) is 0 Å². The zero-order chi connectivity index (χ0) is 5.49. The maximum absolute atomic E-state index is 5.17. The minimum Gasteiger partial charge on any atom is -0.368 e. The van der Waals surface area contributed by atoms with E-state index in [4.69, 9.17) is 21.9 Å². The van der Waals surface area contributed by atoms with Crippen LogP contribution in [0.25, 0.3) is 0 Å². The Morgan fingerprint density at radius 3 is 1.86 bits per heavy atom. The average Bonchev–Trinajstić information content (AvgIpc) is 1.99. The van der Waals surface area contributed by atoms with E-state index < -0.39 is 5.79 Å². The lowest BCUT2D eigenvalue weighted by Gasteiger charge is -2.13. The van der Waals surface area contributed by atoms with Crippen molar-refractivity contribution >= 4 is 0 Å². The van der Waals surface area contributed by atoms with Gasteiger partial charge >= 0.3 is 0 Å². The fraction of sp³-hybridized carbons (Fsp3) is 1.00. The van der Waals surface area contributed by atoms with Crippen LogP contribution < -0.4 is 17.2 Å². The van der Waals surface area contributed by atoms with E-state index in [0.717, 1.165) is 0 Å². The van der Waals surface area contributed by atoms with Crippen LogP contribution in [-0.2, 0) is 4.74 Å². The number of rotatable bonds is 1. The lowest BCUT2D eigenvalue weighted by molar-refractivity contribution is 0.298. The fourth-order valence-corrected chi connectivity index (χ4v) is 0.337. The molecule has 4 nitrogen and oxygen atoms in total. The first-order valence-electron chi connectivity index (χ1n) is 2.09. The normalized spacial score (nSPS) is 30.4. The Labute approximate surface area is 41.6 Å². The maximum atomic E-state index is 5.17. The van der Waals surface area contributed by atoms with Crippen molar-refractivity contribution < 1.29 is 4.74 Å². The summed E-state index contributed by atoms with van der Waals surface area (Å²) in [6.45, 7) is 0.601. The summed E-state index contributed by atoms with van der Waals surface area (Å²) >= 11 is 0. The summed E-state index contributed by atoms with van der Waals surface area (Å²) in [5.74, 6) is -1.11. The molecule has 0 aromatic heterocycles. The molecule has 0 aromatic rings. The van der Waals surface area contributed by atoms with E-state index in [0.29, 0.717) is 6.61 Å². The van der Waals surface area contributed by atoms with Crippen LogP contribution in [0.5, 0.6) is 0 Å². The molecule has 0 radical (unpaired) electrons. The molecule has 0 amide bonds. The third-order valence-corrected chi connectivity index (χ3v) is 0.891. The first-order chi connectivity index (χ1) is 3.11. The molecule has 4 heteroatoms. The van der Waals surface area contributed by atoms with Gasteiger partial charge in [0.2, 0.25) is 0 Å². The fourth-order valence-electron chi connectivity index (χ4n) is 0.337. The molecule has 1 saturated heterocycles. The van der Waals surface area contributed by atoms with Crippen LogP contribution in [0.1, 0.15) is 0 Å². The van der Waals surface area contributed by atoms with Gasteiger partial charge in [0.05, 0.1) is 6.61 Å². The van der Waals surface area contributed by atoms with Crippen molar-refractivity contribution in [3.05, 3.63) is 0 Å². The van der Waals surface area contributed by atoms with Gasteiger partial charge in [0.1, 0.15) is 11.9 Å². The van der Waals surface area contributed by atoms with Crippen molar-refractivity contribution in [2.45, 2.75) is 11.9 Å². The number of epoxide rings is 1. The molecule has 0 aromatic carbocycles. The largest absolute Gasteiger partial charge is 0.368 e. The highest BCUT2D eigenvalue weighted by molar-refractivity contribution is 4.87. The van der Waals surface area contributed by atoms with E-state index in [1.54, 1.807) is 0 Å². The predicted octanol–water partition coefficient (Wildman–Crippen LogP) is -2.08. The van der Waals surface area contributed by atoms with Crippen LogP contribution >= 0.6 is 0 Å². The predicted molar refractivity (Wildman–Crippen MR) is 25.0 cm³/mol. The Kier molecular flexibility index (Phi) is 0.829. The summed E-state index contributed by atoms with van der Waals surface area (Å²) < 4.78 is 4.70. The lowest BCUT2D eigenvalue weighted by Crippen LogP contribution is -2.62. The van der Waals surface area contributed by atoms with Crippen LogP contribution in [0.3, 0.4) is 0 Å². The summed E-state index contributed by atoms with van der Waals surface area (Å²) in [4.78, 5) is 0. The quantitative estimate of drug-likeness (QED) is 0.262. The summed E-state index contributed by atoms with van der Waals surface area (Å²) in [6, 6.07) is 0. The zero-order valence-electron chi connectivity index (χ0n) is 3.92. The highest BCUT2D eigenvalue weighted by atomic mass is 16.6. The Morgan fingerprint density at radius 1 is 1.43 bits per heavy atom. The van der Waals surface area contributed by atoms with Gasteiger partial charge in [-0.15, -0.1) is 0 Å². The average molecular weight is 103 g/mol. The number of hydrogen-bond donors (Lipinski definition) is 3. The van der Waals surface area contributed by atoms with Crippen LogP contribution in [0.15, 0.2) is 0 Å². The number of hydrogen-bond acceptors (Lipinski definition) is 4. The van der Waals surface area contributed by atoms with E-state index in [1.807, 2.05) is 0 Å². The minimum absolute atomic E-state index is 0.118. The van der Waals surface area contributed by atoms with Gasteiger partial charge in [0.25, 0.3) is 0 Å². The first kappa shape index (κ1) is 4.99. The molecule has 0 aliphatic carbocycles. The van der Waals surface area contributed by atoms with Gasteiger partial charge in [-0.05, 0) is 0 Å². The van der Waals surface area contributed by atoms with Crippen molar-refractivity contribution in [3.8, 4) is 0 Å². The monoisotopic (exact) mass is 103 g/mol. The molecular formula is C3H9N3O. The van der Waals surface area contributed by atoms with Gasteiger partial charge in [-0.2, -0.15) is 0 Å². The molecule has 7 heavy (non-hydrogen) atoms. The number of nitrogens with two attached hydrogens (primary N) is 3. The van der Waals surface area contributed by atoms with E-state index in [9.17, 15) is 0 Å². The topological polar surface area (TPSA) is 90.6 Å². The molecule has 1 heterocycles. The summed E-state index contributed by atoms with van der Waals surface area (Å²) in [7, 11) is 0. The minimum atomic E-state index is -1.11. The maximum Gasteiger partial charge on any atom is 0.145 e. The summed E-state index contributed by atoms with van der Waals surface area (Å²) in [5, 5.41) is 0. The SMILES string of the molecule is NC(N)(N)C1CO1. The molecule has 0 spiro atoms. The Balaban J connectivity index is 2.36. The smallest absolute Gasteiger partial charge is 0.145 e. The molecule has 1 rings (SSSR count). The molecule has 0 bridgehead atoms. The van der Waals surface area contributed by atoms with Crippen LogP contribution in [0, 0.1) is 0 Å². The van der Waals surface area contributed by atoms with Gasteiger partial charge in [0.15, 0.2) is 0 Å². The lowest BCUT2D eigenvalue weighted by atomic mass is 10.3. The highest BCUT2D eigenvalue weighted by Gasteiger charge is 2.37. The van der Waals surface area contributed by atoms with Crippen molar-refractivity contribution in [2.24, 2.45) is 17.2 Å². The Morgan fingerprint density at radius 2 is 1.86 bits per heavy atom. The second-order valence-electron chi connectivity index (χ2n) is 1.82. The molecule has 1 fully saturated rings. The first-order valence-corrected chi connectivity index (χ1v) is 2.09. The van der Waals surface area contributed by atoms with Gasteiger partial charge < -0.3 is 4.74 Å². The number of ether oxygens (including phenoxy) is 1. The van der Waals surface area contributed by atoms with Crippen molar-refractivity contribution in [2.75, 3.05) is 6.61 Å². The standard InChI is InChI=1S/C3H9N3O/c4-3(5,6)2-1-7-2/h2H,1,4-6H2. The molecule has 1 atom stereocenters. The van der Waals surface area contributed by atoms with Crippen molar-refractivity contribution in [1.29, 1.82) is 0 Å². The molecule has 1 aliphatic rings. The van der Waals surface area contributed by atoms with Crippen LogP contribution in [0.4, 0.5) is 0 Å². The molecular weight excluding hydrogens is 94.1 g/mol. The molecule has 1 unspecified atom stereocenters. The van der Waals surface area contributed by atoms with Crippen LogP contribution in [0.2, 0.25) is 0 Å². The Bertz CT molecular complexity index is 72.7. The van der Waals surface area contributed by atoms with Gasteiger partial charge in [-0.1, -0.05) is 0 Å². The molecule has 42 valence electrons. The molecule has 6 N–H and O–H groups in total. The third-order valence-electron chi connectivity index (χ3n) is 0.891. The van der Waals surface area contributed by atoms with Crippen LogP contribution in [-0.4, -0.2) is 18.5 Å². The van der Waals surface area contributed by atoms with Gasteiger partial charge in [-0.3, -0.25) is 17.2 Å². The van der Waals surface area contributed by atoms with Gasteiger partial charge in [0, 0.05) is 0 Å². The van der Waals surface area contributed by atoms with E-state index >= 15 is 0 Å². The molecule has 0 saturated carbocycles. The second kappa shape index (κ2) is 1.16. The van der Waals surface area contributed by atoms with Crippen molar-refractivity contribution in [1.82, 2.24) is 0 Å². The Hall–Kier alpha value is -0.160. The zero-order valence-corrected chi connectivity index (χ0v) is 3.92. The van der Waals surface area contributed by atoms with E-state index in [-0.39, 0.29) is 6.10 Å². The van der Waals surface area contributed by atoms with E-state index in [1.165, 1.54) is 0 Å². The summed E-state index contributed by atoms with van der Waals surface area (Å²) in [6.07, 6.45) is -0.118.